The van der Waals surface area contributed by atoms with E-state index in [1.54, 1.807) is 11.9 Å². The van der Waals surface area contributed by atoms with Gasteiger partial charge in [-0.3, -0.25) is 0 Å². The Morgan fingerprint density at radius 1 is 1.18 bits per heavy atom. The van der Waals surface area contributed by atoms with Crippen molar-refractivity contribution >= 4 is 11.9 Å². The van der Waals surface area contributed by atoms with Gasteiger partial charge in [0.2, 0.25) is 0 Å². The van der Waals surface area contributed by atoms with Gasteiger partial charge in [-0.05, 0) is 44.1 Å². The lowest BCUT2D eigenvalue weighted by Crippen LogP contribution is -2.26. The molecule has 17 heavy (non-hydrogen) atoms. The monoisotopic (exact) mass is 253 g/mol. The molecule has 3 nitrogen and oxygen atoms in total. The minimum absolute atomic E-state index is 1.04. The molecule has 96 valence electrons. The van der Waals surface area contributed by atoms with Gasteiger partial charge >= 0.3 is 0 Å². The van der Waals surface area contributed by atoms with Crippen molar-refractivity contribution in [2.45, 2.75) is 25.3 Å². The first-order valence-electron chi connectivity index (χ1n) is 6.18. The van der Waals surface area contributed by atoms with Crippen LogP contribution in [0.25, 0.3) is 0 Å². The van der Waals surface area contributed by atoms with Gasteiger partial charge in [-0.2, -0.15) is 0 Å². The van der Waals surface area contributed by atoms with E-state index in [1.807, 2.05) is 6.20 Å². The number of aromatic nitrogens is 1. The third-order valence-electron chi connectivity index (χ3n) is 2.58. The van der Waals surface area contributed by atoms with E-state index in [4.69, 9.17) is 0 Å². The van der Waals surface area contributed by atoms with E-state index in [1.165, 1.54) is 5.56 Å². The first-order valence-corrected chi connectivity index (χ1v) is 6.95. The third kappa shape index (κ3) is 5.52. The van der Waals surface area contributed by atoms with Gasteiger partial charge < -0.3 is 4.90 Å². The van der Waals surface area contributed by atoms with E-state index in [9.17, 15) is 0 Å². The normalized spacial score (nSPS) is 11.4. The lowest BCUT2D eigenvalue weighted by Gasteiger charge is -2.20. The van der Waals surface area contributed by atoms with Gasteiger partial charge in [0.15, 0.2) is 0 Å². The summed E-state index contributed by atoms with van der Waals surface area (Å²) in [5.41, 5.74) is 1.30. The highest BCUT2D eigenvalue weighted by Crippen LogP contribution is 2.19. The van der Waals surface area contributed by atoms with Gasteiger partial charge in [0.25, 0.3) is 0 Å². The molecule has 0 aromatic carbocycles. The topological polar surface area (TPSA) is 19.4 Å². The molecule has 0 N–H and O–H groups in total. The molecule has 0 radical (unpaired) electrons. The molecule has 1 rings (SSSR count). The van der Waals surface area contributed by atoms with Crippen LogP contribution in [0, 0.1) is 0 Å². The zero-order valence-electron chi connectivity index (χ0n) is 11.3. The minimum Gasteiger partial charge on any atom is -0.308 e. The predicted molar refractivity (Wildman–Crippen MR) is 75.3 cm³/mol. The van der Waals surface area contributed by atoms with Crippen molar-refractivity contribution in [2.24, 2.45) is 0 Å². The van der Waals surface area contributed by atoms with Crippen LogP contribution >= 0.6 is 11.9 Å². The average molecular weight is 253 g/mol. The number of aryl methyl sites for hydroxylation is 1. The maximum absolute atomic E-state index is 4.47. The number of hydrogen-bond donors (Lipinski definition) is 0. The quantitative estimate of drug-likeness (QED) is 0.695. The summed E-state index contributed by atoms with van der Waals surface area (Å²) in [4.78, 5) is 6.68. The molecule has 1 aromatic rings. The van der Waals surface area contributed by atoms with E-state index in [0.717, 1.165) is 31.1 Å². The minimum atomic E-state index is 1.04. The molecule has 0 aliphatic rings. The van der Waals surface area contributed by atoms with Crippen molar-refractivity contribution in [3.05, 3.63) is 23.9 Å². The maximum atomic E-state index is 4.47. The second kappa shape index (κ2) is 7.69. The van der Waals surface area contributed by atoms with E-state index >= 15 is 0 Å². The summed E-state index contributed by atoms with van der Waals surface area (Å²) in [7, 11) is 4.21. The van der Waals surface area contributed by atoms with Crippen molar-refractivity contribution in [1.82, 2.24) is 14.2 Å². The standard InChI is InChI=1S/C13H23N3S/c1-5-12-7-8-13(14-11-12)17-16(6-2)10-9-15(3)4/h7-8,11H,5-6,9-10H2,1-4H3. The second-order valence-corrected chi connectivity index (χ2v) is 5.39. The van der Waals surface area contributed by atoms with E-state index < -0.39 is 0 Å². The van der Waals surface area contributed by atoms with Gasteiger partial charge in [-0.15, -0.1) is 0 Å². The molecule has 0 amide bonds. The van der Waals surface area contributed by atoms with Crippen molar-refractivity contribution < 1.29 is 0 Å². The van der Waals surface area contributed by atoms with Crippen LogP contribution in [0.2, 0.25) is 0 Å². The van der Waals surface area contributed by atoms with Crippen molar-refractivity contribution in [2.75, 3.05) is 33.7 Å². The van der Waals surface area contributed by atoms with Gasteiger partial charge in [-0.1, -0.05) is 19.9 Å². The summed E-state index contributed by atoms with van der Waals surface area (Å²) in [5, 5.41) is 1.09. The molecular formula is C13H23N3S. The number of hydrogen-bond acceptors (Lipinski definition) is 4. The highest BCUT2D eigenvalue weighted by atomic mass is 32.2. The highest BCUT2D eigenvalue weighted by molar-refractivity contribution is 7.97. The fourth-order valence-electron chi connectivity index (χ4n) is 1.39. The zero-order valence-corrected chi connectivity index (χ0v) is 12.1. The summed E-state index contributed by atoms with van der Waals surface area (Å²) in [6.07, 6.45) is 3.03. The Kier molecular flexibility index (Phi) is 6.55. The molecule has 1 heterocycles. The molecule has 1 aromatic heterocycles. The average Bonchev–Trinajstić information content (AvgIpc) is 2.35. The van der Waals surface area contributed by atoms with Crippen LogP contribution in [0.3, 0.4) is 0 Å². The fraction of sp³-hybridized carbons (Fsp3) is 0.615. The van der Waals surface area contributed by atoms with Crippen LogP contribution in [0.5, 0.6) is 0 Å². The molecule has 4 heteroatoms. The van der Waals surface area contributed by atoms with Gasteiger partial charge in [-0.25, -0.2) is 9.29 Å². The molecule has 0 saturated carbocycles. The summed E-state index contributed by atoms with van der Waals surface area (Å²) in [5.74, 6) is 0. The molecule has 0 aliphatic heterocycles. The maximum Gasteiger partial charge on any atom is 0.111 e. The predicted octanol–water partition coefficient (Wildman–Crippen LogP) is 2.53. The molecule has 0 fully saturated rings. The molecule has 0 bridgehead atoms. The third-order valence-corrected chi connectivity index (χ3v) is 3.71. The van der Waals surface area contributed by atoms with Crippen molar-refractivity contribution in [3.8, 4) is 0 Å². The first kappa shape index (κ1) is 14.5. The lowest BCUT2D eigenvalue weighted by atomic mass is 10.2. The van der Waals surface area contributed by atoms with Gasteiger partial charge in [0, 0.05) is 25.8 Å². The molecule has 0 unspecified atom stereocenters. The smallest absolute Gasteiger partial charge is 0.111 e. The van der Waals surface area contributed by atoms with E-state index in [2.05, 4.69) is 54.3 Å². The SMILES string of the molecule is CCc1ccc(SN(CC)CCN(C)C)nc1. The summed E-state index contributed by atoms with van der Waals surface area (Å²) in [6.45, 7) is 7.51. The summed E-state index contributed by atoms with van der Waals surface area (Å²) < 4.78 is 2.34. The Morgan fingerprint density at radius 3 is 2.41 bits per heavy atom. The molecule has 0 spiro atoms. The molecule has 0 aliphatic carbocycles. The van der Waals surface area contributed by atoms with Crippen molar-refractivity contribution in [3.63, 3.8) is 0 Å². The Labute approximate surface area is 109 Å². The highest BCUT2D eigenvalue weighted by Gasteiger charge is 2.06. The van der Waals surface area contributed by atoms with Gasteiger partial charge in [0.05, 0.1) is 0 Å². The Bertz CT molecular complexity index is 311. The van der Waals surface area contributed by atoms with E-state index in [0.29, 0.717) is 0 Å². The number of likely N-dealkylation sites (N-methyl/N-ethyl adjacent to an activating group) is 2. The van der Waals surface area contributed by atoms with Crippen molar-refractivity contribution in [1.29, 1.82) is 0 Å². The van der Waals surface area contributed by atoms with Crippen LogP contribution < -0.4 is 0 Å². The number of nitrogens with zero attached hydrogens (tertiary/aromatic N) is 3. The zero-order chi connectivity index (χ0) is 12.7. The Balaban J connectivity index is 2.48. The summed E-state index contributed by atoms with van der Waals surface area (Å²) in [6, 6.07) is 4.27. The Hall–Kier alpha value is -0.580. The van der Waals surface area contributed by atoms with Crippen LogP contribution in [-0.4, -0.2) is 47.9 Å². The molecular weight excluding hydrogens is 230 g/mol. The van der Waals surface area contributed by atoms with Crippen LogP contribution in [0.15, 0.2) is 23.4 Å². The molecule has 0 saturated heterocycles. The first-order chi connectivity index (χ1) is 8.15. The van der Waals surface area contributed by atoms with Crippen LogP contribution in [0.4, 0.5) is 0 Å². The number of rotatable bonds is 7. The summed E-state index contributed by atoms with van der Waals surface area (Å²) >= 11 is 1.75. The van der Waals surface area contributed by atoms with E-state index in [-0.39, 0.29) is 0 Å². The molecule has 0 atom stereocenters. The second-order valence-electron chi connectivity index (χ2n) is 4.27. The largest absolute Gasteiger partial charge is 0.308 e. The Morgan fingerprint density at radius 2 is 1.94 bits per heavy atom. The lowest BCUT2D eigenvalue weighted by molar-refractivity contribution is 0.357. The van der Waals surface area contributed by atoms with Gasteiger partial charge in [0.1, 0.15) is 5.03 Å². The van der Waals surface area contributed by atoms with Crippen LogP contribution in [-0.2, 0) is 6.42 Å². The fourth-order valence-corrected chi connectivity index (χ4v) is 2.18. The van der Waals surface area contributed by atoms with Crippen LogP contribution in [0.1, 0.15) is 19.4 Å². The number of pyridine rings is 1.